The van der Waals surface area contributed by atoms with Gasteiger partial charge in [0.2, 0.25) is 11.8 Å². The van der Waals surface area contributed by atoms with Gasteiger partial charge in [-0.05, 0) is 18.2 Å². The average molecular weight is 339 g/mol. The summed E-state index contributed by atoms with van der Waals surface area (Å²) in [6, 6.07) is 5.27. The van der Waals surface area contributed by atoms with Crippen molar-refractivity contribution in [2.75, 3.05) is 33.3 Å². The van der Waals surface area contributed by atoms with Gasteiger partial charge in [-0.3, -0.25) is 9.59 Å². The van der Waals surface area contributed by atoms with Gasteiger partial charge in [-0.1, -0.05) is 25.4 Å². The standard InChI is InChI=1S/C17H23ClN2O3/c1-12(2)17(22)20-8-6-19(7-9-20)16(21)11-13-10-14(18)4-5-15(13)23-3/h4-5,10,12H,6-9,11H2,1-3H3. The molecular weight excluding hydrogens is 316 g/mol. The predicted molar refractivity (Wildman–Crippen MR) is 89.7 cm³/mol. The van der Waals surface area contributed by atoms with E-state index in [1.165, 1.54) is 0 Å². The highest BCUT2D eigenvalue weighted by molar-refractivity contribution is 6.30. The molecule has 2 rings (SSSR count). The third-order valence-corrected chi connectivity index (χ3v) is 4.26. The molecular formula is C17H23ClN2O3. The zero-order valence-corrected chi connectivity index (χ0v) is 14.6. The van der Waals surface area contributed by atoms with Gasteiger partial charge in [-0.15, -0.1) is 0 Å². The third kappa shape index (κ3) is 4.38. The summed E-state index contributed by atoms with van der Waals surface area (Å²) in [6.45, 7) is 6.11. The Morgan fingerprint density at radius 3 is 2.35 bits per heavy atom. The van der Waals surface area contributed by atoms with Crippen LogP contribution in [-0.4, -0.2) is 54.9 Å². The SMILES string of the molecule is COc1ccc(Cl)cc1CC(=O)N1CCN(C(=O)C(C)C)CC1. The molecule has 1 fully saturated rings. The molecule has 5 nitrogen and oxygen atoms in total. The minimum atomic E-state index is -0.00651. The molecule has 1 aromatic carbocycles. The maximum Gasteiger partial charge on any atom is 0.227 e. The summed E-state index contributed by atoms with van der Waals surface area (Å²) in [7, 11) is 1.58. The molecule has 0 atom stereocenters. The van der Waals surface area contributed by atoms with Gasteiger partial charge in [-0.2, -0.15) is 0 Å². The number of carbonyl (C=O) groups excluding carboxylic acids is 2. The van der Waals surface area contributed by atoms with Crippen LogP contribution in [0.15, 0.2) is 18.2 Å². The minimum absolute atomic E-state index is 0.00651. The molecule has 6 heteroatoms. The fourth-order valence-corrected chi connectivity index (χ4v) is 2.90. The minimum Gasteiger partial charge on any atom is -0.496 e. The molecule has 2 amide bonds. The Hall–Kier alpha value is -1.75. The second-order valence-corrected chi connectivity index (χ2v) is 6.43. The third-order valence-electron chi connectivity index (χ3n) is 4.02. The molecule has 1 heterocycles. The summed E-state index contributed by atoms with van der Waals surface area (Å²) in [4.78, 5) is 28.1. The van der Waals surface area contributed by atoms with Crippen LogP contribution in [0.2, 0.25) is 5.02 Å². The maximum atomic E-state index is 12.5. The molecule has 0 aliphatic carbocycles. The van der Waals surface area contributed by atoms with Crippen LogP contribution < -0.4 is 4.74 Å². The van der Waals surface area contributed by atoms with E-state index in [0.717, 1.165) is 5.56 Å². The molecule has 23 heavy (non-hydrogen) atoms. The number of hydrogen-bond donors (Lipinski definition) is 0. The number of benzene rings is 1. The normalized spacial score (nSPS) is 15.0. The number of piperazine rings is 1. The van der Waals surface area contributed by atoms with Crippen molar-refractivity contribution < 1.29 is 14.3 Å². The average Bonchev–Trinajstić information content (AvgIpc) is 2.54. The molecule has 1 aliphatic rings. The summed E-state index contributed by atoms with van der Waals surface area (Å²) < 4.78 is 5.28. The number of hydrogen-bond acceptors (Lipinski definition) is 3. The molecule has 0 spiro atoms. The van der Waals surface area contributed by atoms with Crippen LogP contribution in [0.1, 0.15) is 19.4 Å². The van der Waals surface area contributed by atoms with Gasteiger partial charge in [0, 0.05) is 42.7 Å². The van der Waals surface area contributed by atoms with E-state index in [1.807, 2.05) is 18.7 Å². The van der Waals surface area contributed by atoms with Crippen molar-refractivity contribution in [3.8, 4) is 5.75 Å². The summed E-state index contributed by atoms with van der Waals surface area (Å²) >= 11 is 6.00. The van der Waals surface area contributed by atoms with E-state index >= 15 is 0 Å². The first kappa shape index (κ1) is 17.6. The van der Waals surface area contributed by atoms with E-state index in [9.17, 15) is 9.59 Å². The van der Waals surface area contributed by atoms with Crippen molar-refractivity contribution >= 4 is 23.4 Å². The Morgan fingerprint density at radius 1 is 1.17 bits per heavy atom. The first-order chi connectivity index (χ1) is 10.9. The van der Waals surface area contributed by atoms with Crippen LogP contribution in [0.25, 0.3) is 0 Å². The zero-order valence-electron chi connectivity index (χ0n) is 13.8. The van der Waals surface area contributed by atoms with Gasteiger partial charge in [-0.25, -0.2) is 0 Å². The van der Waals surface area contributed by atoms with E-state index in [2.05, 4.69) is 0 Å². The highest BCUT2D eigenvalue weighted by Gasteiger charge is 2.25. The van der Waals surface area contributed by atoms with Crippen molar-refractivity contribution in [1.82, 2.24) is 9.80 Å². The number of methoxy groups -OCH3 is 1. The summed E-state index contributed by atoms with van der Waals surface area (Å²) in [5, 5.41) is 0.584. The molecule has 0 saturated carbocycles. The summed E-state index contributed by atoms with van der Waals surface area (Å²) in [5.41, 5.74) is 0.783. The van der Waals surface area contributed by atoms with Crippen LogP contribution in [-0.2, 0) is 16.0 Å². The van der Waals surface area contributed by atoms with E-state index < -0.39 is 0 Å². The summed E-state index contributed by atoms with van der Waals surface area (Å²) in [5.74, 6) is 0.833. The molecule has 0 radical (unpaired) electrons. The van der Waals surface area contributed by atoms with Crippen LogP contribution in [0.5, 0.6) is 5.75 Å². The summed E-state index contributed by atoms with van der Waals surface area (Å²) in [6.07, 6.45) is 0.252. The number of ether oxygens (including phenoxy) is 1. The molecule has 1 aliphatic heterocycles. The fourth-order valence-electron chi connectivity index (χ4n) is 2.70. The zero-order chi connectivity index (χ0) is 17.0. The smallest absolute Gasteiger partial charge is 0.227 e. The van der Waals surface area contributed by atoms with Crippen molar-refractivity contribution in [2.45, 2.75) is 20.3 Å². The Morgan fingerprint density at radius 2 is 1.78 bits per heavy atom. The van der Waals surface area contributed by atoms with Crippen molar-refractivity contribution in [3.63, 3.8) is 0 Å². The quantitative estimate of drug-likeness (QED) is 0.845. The van der Waals surface area contributed by atoms with Gasteiger partial charge in [0.1, 0.15) is 5.75 Å². The highest BCUT2D eigenvalue weighted by atomic mass is 35.5. The van der Waals surface area contributed by atoms with Crippen LogP contribution in [0, 0.1) is 5.92 Å². The molecule has 0 N–H and O–H groups in total. The second kappa shape index (κ2) is 7.68. The monoisotopic (exact) mass is 338 g/mol. The Kier molecular flexibility index (Phi) is 5.88. The molecule has 1 aromatic rings. The molecule has 0 bridgehead atoms. The number of amides is 2. The van der Waals surface area contributed by atoms with E-state index in [-0.39, 0.29) is 24.2 Å². The molecule has 126 valence electrons. The Balaban J connectivity index is 1.96. The van der Waals surface area contributed by atoms with E-state index in [1.54, 1.807) is 30.2 Å². The van der Waals surface area contributed by atoms with Gasteiger partial charge < -0.3 is 14.5 Å². The number of carbonyl (C=O) groups is 2. The second-order valence-electron chi connectivity index (χ2n) is 5.99. The first-order valence-electron chi connectivity index (χ1n) is 7.81. The van der Waals surface area contributed by atoms with E-state index in [4.69, 9.17) is 16.3 Å². The maximum absolute atomic E-state index is 12.5. The van der Waals surface area contributed by atoms with Crippen molar-refractivity contribution in [1.29, 1.82) is 0 Å². The first-order valence-corrected chi connectivity index (χ1v) is 8.19. The number of halogens is 1. The van der Waals surface area contributed by atoms with Crippen molar-refractivity contribution in [3.05, 3.63) is 28.8 Å². The van der Waals surface area contributed by atoms with Crippen LogP contribution >= 0.6 is 11.6 Å². The van der Waals surface area contributed by atoms with Crippen LogP contribution in [0.3, 0.4) is 0 Å². The predicted octanol–water partition coefficient (Wildman–Crippen LogP) is 2.22. The lowest BCUT2D eigenvalue weighted by Crippen LogP contribution is -2.51. The van der Waals surface area contributed by atoms with E-state index in [0.29, 0.717) is 37.0 Å². The lowest BCUT2D eigenvalue weighted by molar-refractivity contribution is -0.141. The Labute approximate surface area is 142 Å². The fraction of sp³-hybridized carbons (Fsp3) is 0.529. The lowest BCUT2D eigenvalue weighted by atomic mass is 10.1. The molecule has 1 saturated heterocycles. The number of nitrogens with zero attached hydrogens (tertiary/aromatic N) is 2. The lowest BCUT2D eigenvalue weighted by Gasteiger charge is -2.35. The van der Waals surface area contributed by atoms with Gasteiger partial charge >= 0.3 is 0 Å². The molecule has 0 aromatic heterocycles. The highest BCUT2D eigenvalue weighted by Crippen LogP contribution is 2.23. The van der Waals surface area contributed by atoms with Gasteiger partial charge in [0.05, 0.1) is 13.5 Å². The Bertz CT molecular complexity index is 581. The van der Waals surface area contributed by atoms with Crippen molar-refractivity contribution in [2.24, 2.45) is 5.92 Å². The van der Waals surface area contributed by atoms with Gasteiger partial charge in [0.25, 0.3) is 0 Å². The largest absolute Gasteiger partial charge is 0.496 e. The number of rotatable bonds is 4. The van der Waals surface area contributed by atoms with Crippen LogP contribution in [0.4, 0.5) is 0 Å². The van der Waals surface area contributed by atoms with Gasteiger partial charge in [0.15, 0.2) is 0 Å². The molecule has 0 unspecified atom stereocenters. The topological polar surface area (TPSA) is 49.9 Å².